The number of esters is 1. The van der Waals surface area contributed by atoms with E-state index in [-0.39, 0.29) is 5.91 Å². The van der Waals surface area contributed by atoms with Crippen LogP contribution < -0.4 is 5.32 Å². The number of carbonyl (C=O) groups excluding carboxylic acids is 2. The lowest BCUT2D eigenvalue weighted by molar-refractivity contribution is 0.0599. The SMILES string of the molecule is CCCCn1c(C(=O)NC(C)(C)C)cc(C(=O)OC)c1Cc1c(-c2ccc(C)cc2)[nH]c2ccccc12. The number of methoxy groups -OCH3 is 1. The summed E-state index contributed by atoms with van der Waals surface area (Å²) in [5.74, 6) is -0.635. The van der Waals surface area contributed by atoms with Gasteiger partial charge < -0.3 is 19.6 Å². The molecule has 194 valence electrons. The van der Waals surface area contributed by atoms with Crippen molar-refractivity contribution in [3.8, 4) is 11.3 Å². The summed E-state index contributed by atoms with van der Waals surface area (Å²) in [6, 6.07) is 18.3. The van der Waals surface area contributed by atoms with Gasteiger partial charge in [-0.1, -0.05) is 61.4 Å². The van der Waals surface area contributed by atoms with Crippen LogP contribution >= 0.6 is 0 Å². The fourth-order valence-electron chi connectivity index (χ4n) is 4.75. The highest BCUT2D eigenvalue weighted by molar-refractivity contribution is 5.99. The van der Waals surface area contributed by atoms with Gasteiger partial charge in [0.25, 0.3) is 5.91 Å². The fraction of sp³-hybridized carbons (Fsp3) is 0.355. The van der Waals surface area contributed by atoms with E-state index in [0.717, 1.165) is 46.3 Å². The van der Waals surface area contributed by atoms with Gasteiger partial charge in [-0.05, 0) is 57.4 Å². The highest BCUT2D eigenvalue weighted by atomic mass is 16.5. The van der Waals surface area contributed by atoms with Crippen LogP contribution in [-0.2, 0) is 17.7 Å². The molecule has 2 aromatic carbocycles. The second-order valence-corrected chi connectivity index (χ2v) is 10.7. The van der Waals surface area contributed by atoms with Gasteiger partial charge in [-0.15, -0.1) is 0 Å². The molecule has 0 atom stereocenters. The van der Waals surface area contributed by atoms with Gasteiger partial charge in [0.15, 0.2) is 0 Å². The predicted molar refractivity (Wildman–Crippen MR) is 149 cm³/mol. The van der Waals surface area contributed by atoms with Gasteiger partial charge in [0.05, 0.1) is 18.4 Å². The summed E-state index contributed by atoms with van der Waals surface area (Å²) in [5, 5.41) is 4.16. The summed E-state index contributed by atoms with van der Waals surface area (Å²) in [6.45, 7) is 10.7. The summed E-state index contributed by atoms with van der Waals surface area (Å²) < 4.78 is 7.18. The number of aromatic nitrogens is 2. The minimum atomic E-state index is -0.438. The van der Waals surface area contributed by atoms with E-state index in [9.17, 15) is 9.59 Å². The summed E-state index contributed by atoms with van der Waals surface area (Å²) in [6.07, 6.45) is 2.33. The Labute approximate surface area is 219 Å². The van der Waals surface area contributed by atoms with Crippen LogP contribution in [0.3, 0.4) is 0 Å². The van der Waals surface area contributed by atoms with Gasteiger partial charge in [-0.25, -0.2) is 4.79 Å². The van der Waals surface area contributed by atoms with Crippen LogP contribution in [0, 0.1) is 6.92 Å². The molecule has 0 aliphatic rings. The van der Waals surface area contributed by atoms with Crippen LogP contribution in [0.2, 0.25) is 0 Å². The minimum Gasteiger partial charge on any atom is -0.465 e. The molecule has 4 aromatic rings. The Morgan fingerprint density at radius 1 is 1.05 bits per heavy atom. The van der Waals surface area contributed by atoms with E-state index >= 15 is 0 Å². The molecule has 6 heteroatoms. The number of rotatable bonds is 8. The maximum atomic E-state index is 13.4. The molecule has 0 saturated heterocycles. The third-order valence-corrected chi connectivity index (χ3v) is 6.57. The van der Waals surface area contributed by atoms with Gasteiger partial charge in [0.1, 0.15) is 5.69 Å². The quantitative estimate of drug-likeness (QED) is 0.267. The van der Waals surface area contributed by atoms with Crippen molar-refractivity contribution in [1.82, 2.24) is 14.9 Å². The lowest BCUT2D eigenvalue weighted by Crippen LogP contribution is -2.41. The molecule has 0 bridgehead atoms. The molecule has 2 heterocycles. The zero-order valence-electron chi connectivity index (χ0n) is 22.7. The molecular formula is C31H37N3O3. The Bertz CT molecular complexity index is 1420. The predicted octanol–water partition coefficient (Wildman–Crippen LogP) is 6.65. The molecule has 0 spiro atoms. The van der Waals surface area contributed by atoms with E-state index in [2.05, 4.69) is 60.5 Å². The van der Waals surface area contributed by atoms with Crippen LogP contribution in [0.15, 0.2) is 54.6 Å². The molecular weight excluding hydrogens is 462 g/mol. The highest BCUT2D eigenvalue weighted by Gasteiger charge is 2.27. The summed E-state index contributed by atoms with van der Waals surface area (Å²) in [5.41, 5.74) is 6.70. The Morgan fingerprint density at radius 2 is 1.76 bits per heavy atom. The van der Waals surface area contributed by atoms with E-state index in [1.165, 1.54) is 12.7 Å². The Hall–Kier alpha value is -3.80. The first-order chi connectivity index (χ1) is 17.6. The molecule has 37 heavy (non-hydrogen) atoms. The second kappa shape index (κ2) is 10.7. The number of unbranched alkanes of at least 4 members (excludes halogenated alkanes) is 1. The van der Waals surface area contributed by atoms with E-state index in [4.69, 9.17) is 4.74 Å². The van der Waals surface area contributed by atoms with Crippen LogP contribution in [-0.4, -0.2) is 34.1 Å². The molecule has 0 aliphatic heterocycles. The monoisotopic (exact) mass is 499 g/mol. The summed E-state index contributed by atoms with van der Waals surface area (Å²) >= 11 is 0. The third-order valence-electron chi connectivity index (χ3n) is 6.57. The average molecular weight is 500 g/mol. The zero-order valence-corrected chi connectivity index (χ0v) is 22.7. The Kier molecular flexibility index (Phi) is 7.58. The Morgan fingerprint density at radius 3 is 2.41 bits per heavy atom. The minimum absolute atomic E-state index is 0.197. The number of fused-ring (bicyclic) bond motifs is 1. The number of carbonyl (C=O) groups is 2. The van der Waals surface area contributed by atoms with Crippen molar-refractivity contribution < 1.29 is 14.3 Å². The smallest absolute Gasteiger partial charge is 0.339 e. The molecule has 0 unspecified atom stereocenters. The average Bonchev–Trinajstić information content (AvgIpc) is 3.41. The third kappa shape index (κ3) is 5.63. The highest BCUT2D eigenvalue weighted by Crippen LogP contribution is 2.34. The van der Waals surface area contributed by atoms with Crippen molar-refractivity contribution >= 4 is 22.8 Å². The number of benzene rings is 2. The van der Waals surface area contributed by atoms with Crippen molar-refractivity contribution in [2.24, 2.45) is 0 Å². The van der Waals surface area contributed by atoms with Crippen LogP contribution in [0.4, 0.5) is 0 Å². The van der Waals surface area contributed by atoms with E-state index in [1.54, 1.807) is 6.07 Å². The topological polar surface area (TPSA) is 76.1 Å². The van der Waals surface area contributed by atoms with Crippen molar-refractivity contribution in [3.63, 3.8) is 0 Å². The first-order valence-corrected chi connectivity index (χ1v) is 12.9. The molecule has 1 amide bonds. The number of ether oxygens (including phenoxy) is 1. The fourth-order valence-corrected chi connectivity index (χ4v) is 4.75. The lowest BCUT2D eigenvalue weighted by Gasteiger charge is -2.21. The van der Waals surface area contributed by atoms with Gasteiger partial charge in [0, 0.05) is 35.1 Å². The van der Waals surface area contributed by atoms with Crippen molar-refractivity contribution in [2.75, 3.05) is 7.11 Å². The van der Waals surface area contributed by atoms with E-state index in [0.29, 0.717) is 24.2 Å². The zero-order chi connectivity index (χ0) is 26.7. The van der Waals surface area contributed by atoms with E-state index in [1.807, 2.05) is 37.5 Å². The van der Waals surface area contributed by atoms with Crippen molar-refractivity contribution in [3.05, 3.63) is 82.7 Å². The number of aryl methyl sites for hydroxylation is 1. The van der Waals surface area contributed by atoms with Crippen LogP contribution in [0.5, 0.6) is 0 Å². The normalized spacial score (nSPS) is 11.6. The first-order valence-electron chi connectivity index (χ1n) is 12.9. The number of amides is 1. The van der Waals surface area contributed by atoms with Gasteiger partial charge >= 0.3 is 5.97 Å². The molecule has 6 nitrogen and oxygen atoms in total. The molecule has 0 fully saturated rings. The van der Waals surface area contributed by atoms with Crippen molar-refractivity contribution in [1.29, 1.82) is 0 Å². The summed E-state index contributed by atoms with van der Waals surface area (Å²) in [4.78, 5) is 30.0. The van der Waals surface area contributed by atoms with Gasteiger partial charge in [-0.3, -0.25) is 4.79 Å². The first kappa shape index (κ1) is 26.3. The standard InChI is InChI=1S/C31H37N3O3/c1-7-8-17-34-26(24(30(36)37-6)19-27(34)29(35)33-31(3,4)5)18-23-22-11-9-10-12-25(22)32-28(23)21-15-13-20(2)14-16-21/h9-16,19,32H,7-8,17-18H2,1-6H3,(H,33,35). The van der Waals surface area contributed by atoms with E-state index < -0.39 is 11.5 Å². The number of H-pyrrole nitrogens is 1. The number of nitrogens with zero attached hydrogens (tertiary/aromatic N) is 1. The Balaban J connectivity index is 1.92. The van der Waals surface area contributed by atoms with Crippen LogP contribution in [0.25, 0.3) is 22.2 Å². The number of hydrogen-bond acceptors (Lipinski definition) is 3. The number of aromatic amines is 1. The van der Waals surface area contributed by atoms with Crippen LogP contribution in [0.1, 0.15) is 78.2 Å². The number of nitrogens with one attached hydrogen (secondary N) is 2. The number of para-hydroxylation sites is 1. The van der Waals surface area contributed by atoms with Crippen molar-refractivity contribution in [2.45, 2.75) is 66.0 Å². The molecule has 2 aromatic heterocycles. The van der Waals surface area contributed by atoms with Gasteiger partial charge in [0.2, 0.25) is 0 Å². The maximum Gasteiger partial charge on any atom is 0.339 e. The second-order valence-electron chi connectivity index (χ2n) is 10.7. The molecule has 4 rings (SSSR count). The lowest BCUT2D eigenvalue weighted by atomic mass is 9.99. The molecule has 0 aliphatic carbocycles. The molecule has 0 saturated carbocycles. The summed E-state index contributed by atoms with van der Waals surface area (Å²) in [7, 11) is 1.38. The molecule has 0 radical (unpaired) electrons. The maximum absolute atomic E-state index is 13.4. The van der Waals surface area contributed by atoms with Gasteiger partial charge in [-0.2, -0.15) is 0 Å². The number of hydrogen-bond donors (Lipinski definition) is 2. The largest absolute Gasteiger partial charge is 0.465 e. The molecule has 2 N–H and O–H groups in total.